The van der Waals surface area contributed by atoms with Gasteiger partial charge in [-0.2, -0.15) is 0 Å². The van der Waals surface area contributed by atoms with Crippen molar-refractivity contribution in [3.8, 4) is 0 Å². The van der Waals surface area contributed by atoms with Crippen molar-refractivity contribution in [2.45, 2.75) is 32.2 Å². The second kappa shape index (κ2) is 7.18. The van der Waals surface area contributed by atoms with E-state index in [4.69, 9.17) is 5.73 Å². The fourth-order valence-corrected chi connectivity index (χ4v) is 3.02. The summed E-state index contributed by atoms with van der Waals surface area (Å²) in [5.41, 5.74) is 6.19. The molecule has 0 saturated carbocycles. The van der Waals surface area contributed by atoms with Gasteiger partial charge in [-0.05, 0) is 65.4 Å². The first-order valence-electron chi connectivity index (χ1n) is 6.99. The highest BCUT2D eigenvalue weighted by molar-refractivity contribution is 9.10. The quantitative estimate of drug-likeness (QED) is 0.893. The molecule has 0 spiro atoms. The highest BCUT2D eigenvalue weighted by Gasteiger charge is 2.20. The Bertz CT molecular complexity index is 481. The van der Waals surface area contributed by atoms with Crippen LogP contribution < -0.4 is 5.73 Å². The predicted octanol–water partition coefficient (Wildman–Crippen LogP) is 3.07. The van der Waals surface area contributed by atoms with E-state index in [1.807, 2.05) is 6.07 Å². The largest absolute Gasteiger partial charge is 0.370 e. The lowest BCUT2D eigenvalue weighted by molar-refractivity contribution is -0.118. The van der Waals surface area contributed by atoms with E-state index in [1.165, 1.54) is 0 Å². The standard InChI is InChI=1S/C15H20BrFN2O/c16-13-5-3-12(8-14(13)17)10-19-7-1-2-11(9-19)4-6-15(18)20/h3,5,8,11H,1-2,4,6-7,9-10H2,(H2,18,20)/t11-/m0/s1. The molecule has 1 heterocycles. The maximum Gasteiger partial charge on any atom is 0.217 e. The van der Waals surface area contributed by atoms with Gasteiger partial charge in [0.05, 0.1) is 4.47 Å². The van der Waals surface area contributed by atoms with Crippen molar-refractivity contribution < 1.29 is 9.18 Å². The average molecular weight is 343 g/mol. The minimum absolute atomic E-state index is 0.218. The number of hydrogen-bond acceptors (Lipinski definition) is 2. The third kappa shape index (κ3) is 4.56. The number of carbonyl (C=O) groups excluding carboxylic acids is 1. The summed E-state index contributed by atoms with van der Waals surface area (Å²) in [6.45, 7) is 2.76. The summed E-state index contributed by atoms with van der Waals surface area (Å²) >= 11 is 3.17. The van der Waals surface area contributed by atoms with Crippen LogP contribution in [0.1, 0.15) is 31.2 Å². The van der Waals surface area contributed by atoms with Crippen molar-refractivity contribution in [1.82, 2.24) is 4.90 Å². The van der Waals surface area contributed by atoms with Gasteiger partial charge in [0.25, 0.3) is 0 Å². The molecule has 1 amide bonds. The summed E-state index contributed by atoms with van der Waals surface area (Å²) in [6, 6.07) is 5.27. The third-order valence-corrected chi connectivity index (χ3v) is 4.44. The van der Waals surface area contributed by atoms with Gasteiger partial charge in [-0.3, -0.25) is 9.69 Å². The van der Waals surface area contributed by atoms with E-state index in [-0.39, 0.29) is 11.7 Å². The SMILES string of the molecule is NC(=O)CC[C@@H]1CCCN(Cc2ccc(Br)c(F)c2)C1. The molecule has 0 aromatic heterocycles. The van der Waals surface area contributed by atoms with Crippen molar-refractivity contribution in [3.63, 3.8) is 0 Å². The van der Waals surface area contributed by atoms with Gasteiger partial charge in [0, 0.05) is 19.5 Å². The number of likely N-dealkylation sites (tertiary alicyclic amines) is 1. The first kappa shape index (κ1) is 15.4. The molecular formula is C15H20BrFN2O. The molecule has 0 bridgehead atoms. The zero-order valence-corrected chi connectivity index (χ0v) is 13.0. The lowest BCUT2D eigenvalue weighted by atomic mass is 9.93. The number of rotatable bonds is 5. The summed E-state index contributed by atoms with van der Waals surface area (Å²) < 4.78 is 14.0. The zero-order valence-electron chi connectivity index (χ0n) is 11.4. The van der Waals surface area contributed by atoms with Crippen molar-refractivity contribution in [2.24, 2.45) is 11.7 Å². The van der Waals surface area contributed by atoms with Crippen LogP contribution in [0.5, 0.6) is 0 Å². The molecule has 1 saturated heterocycles. The normalized spacial score (nSPS) is 20.0. The first-order chi connectivity index (χ1) is 9.54. The Balaban J connectivity index is 1.88. The lowest BCUT2D eigenvalue weighted by Gasteiger charge is -2.32. The monoisotopic (exact) mass is 342 g/mol. The molecule has 2 N–H and O–H groups in total. The predicted molar refractivity (Wildman–Crippen MR) is 80.5 cm³/mol. The van der Waals surface area contributed by atoms with Gasteiger partial charge >= 0.3 is 0 Å². The lowest BCUT2D eigenvalue weighted by Crippen LogP contribution is -2.35. The van der Waals surface area contributed by atoms with Gasteiger partial charge in [0.1, 0.15) is 5.82 Å². The number of primary amides is 1. The number of carbonyl (C=O) groups is 1. The van der Waals surface area contributed by atoms with Crippen LogP contribution in [0.3, 0.4) is 0 Å². The molecule has 5 heteroatoms. The minimum atomic E-state index is -0.225. The molecule has 1 aliphatic rings. The molecule has 1 aromatic carbocycles. The van der Waals surface area contributed by atoms with Crippen molar-refractivity contribution in [2.75, 3.05) is 13.1 Å². The average Bonchev–Trinajstić information content (AvgIpc) is 2.41. The number of nitrogens with zero attached hydrogens (tertiary/aromatic N) is 1. The second-order valence-electron chi connectivity index (χ2n) is 5.50. The van der Waals surface area contributed by atoms with E-state index < -0.39 is 0 Å². The van der Waals surface area contributed by atoms with Crippen LogP contribution in [0.2, 0.25) is 0 Å². The maximum atomic E-state index is 13.5. The molecule has 0 aliphatic carbocycles. The van der Waals surface area contributed by atoms with Crippen LogP contribution in [0.25, 0.3) is 0 Å². The zero-order chi connectivity index (χ0) is 14.5. The number of piperidine rings is 1. The van der Waals surface area contributed by atoms with Gasteiger partial charge in [-0.15, -0.1) is 0 Å². The highest BCUT2D eigenvalue weighted by atomic mass is 79.9. The fraction of sp³-hybridized carbons (Fsp3) is 0.533. The van der Waals surface area contributed by atoms with Crippen molar-refractivity contribution in [1.29, 1.82) is 0 Å². The molecule has 1 aliphatic heterocycles. The van der Waals surface area contributed by atoms with Crippen LogP contribution in [-0.4, -0.2) is 23.9 Å². The van der Waals surface area contributed by atoms with E-state index in [0.717, 1.165) is 44.5 Å². The topological polar surface area (TPSA) is 46.3 Å². The maximum absolute atomic E-state index is 13.5. The van der Waals surface area contributed by atoms with Gasteiger partial charge in [0.15, 0.2) is 0 Å². The molecular weight excluding hydrogens is 323 g/mol. The first-order valence-corrected chi connectivity index (χ1v) is 7.78. The highest BCUT2D eigenvalue weighted by Crippen LogP contribution is 2.23. The molecule has 1 atom stereocenters. The van der Waals surface area contributed by atoms with Crippen LogP contribution in [0.15, 0.2) is 22.7 Å². The van der Waals surface area contributed by atoms with E-state index >= 15 is 0 Å². The fourth-order valence-electron chi connectivity index (χ4n) is 2.77. The molecule has 2 rings (SSSR count). The van der Waals surface area contributed by atoms with Crippen molar-refractivity contribution in [3.05, 3.63) is 34.1 Å². The molecule has 1 fully saturated rings. The number of benzene rings is 1. The Morgan fingerprint density at radius 2 is 2.30 bits per heavy atom. The Hall–Kier alpha value is -0.940. The van der Waals surface area contributed by atoms with E-state index in [1.54, 1.807) is 12.1 Å². The summed E-state index contributed by atoms with van der Waals surface area (Å²) in [5.74, 6) is 0.0819. The number of hydrogen-bond donors (Lipinski definition) is 1. The Morgan fingerprint density at radius 1 is 1.50 bits per heavy atom. The second-order valence-corrected chi connectivity index (χ2v) is 6.35. The summed E-state index contributed by atoms with van der Waals surface area (Å²) in [6.07, 6.45) is 3.60. The van der Waals surface area contributed by atoms with E-state index in [9.17, 15) is 9.18 Å². The Labute approximate surface area is 127 Å². The Kier molecular flexibility index (Phi) is 5.54. The van der Waals surface area contributed by atoms with Gasteiger partial charge in [-0.25, -0.2) is 4.39 Å². The number of halogens is 2. The minimum Gasteiger partial charge on any atom is -0.370 e. The molecule has 1 aromatic rings. The summed E-state index contributed by atoms with van der Waals surface area (Å²) in [4.78, 5) is 13.2. The van der Waals surface area contributed by atoms with Gasteiger partial charge in [-0.1, -0.05) is 6.07 Å². The van der Waals surface area contributed by atoms with Gasteiger partial charge in [0.2, 0.25) is 5.91 Å². The van der Waals surface area contributed by atoms with Crippen LogP contribution >= 0.6 is 15.9 Å². The Morgan fingerprint density at radius 3 is 3.00 bits per heavy atom. The number of amides is 1. The molecule has 20 heavy (non-hydrogen) atoms. The van der Waals surface area contributed by atoms with E-state index in [2.05, 4.69) is 20.8 Å². The van der Waals surface area contributed by atoms with E-state index in [0.29, 0.717) is 16.8 Å². The molecule has 110 valence electrons. The third-order valence-electron chi connectivity index (χ3n) is 3.79. The number of nitrogens with two attached hydrogens (primary N) is 1. The summed E-state index contributed by atoms with van der Waals surface area (Å²) in [7, 11) is 0. The summed E-state index contributed by atoms with van der Waals surface area (Å²) in [5, 5.41) is 0. The van der Waals surface area contributed by atoms with Gasteiger partial charge < -0.3 is 5.73 Å². The van der Waals surface area contributed by atoms with Crippen LogP contribution in [-0.2, 0) is 11.3 Å². The smallest absolute Gasteiger partial charge is 0.217 e. The molecule has 0 unspecified atom stereocenters. The molecule has 0 radical (unpaired) electrons. The van der Waals surface area contributed by atoms with Crippen molar-refractivity contribution >= 4 is 21.8 Å². The molecule has 3 nitrogen and oxygen atoms in total. The van der Waals surface area contributed by atoms with Crippen LogP contribution in [0.4, 0.5) is 4.39 Å². The van der Waals surface area contributed by atoms with Crippen LogP contribution in [0, 0.1) is 11.7 Å².